The number of carbonyl (C=O) groups is 1. The Morgan fingerprint density at radius 2 is 0.705 bits per heavy atom. The van der Waals surface area contributed by atoms with Crippen LogP contribution < -0.4 is 0 Å². The van der Waals surface area contributed by atoms with Crippen molar-refractivity contribution in [1.82, 2.24) is 4.90 Å². The van der Waals surface area contributed by atoms with Gasteiger partial charge < -0.3 is 4.90 Å². The van der Waals surface area contributed by atoms with Crippen LogP contribution in [0.3, 0.4) is 0 Å². The monoisotopic (exact) mass is 719 g/mol. The zero-order valence-electron chi connectivity index (χ0n) is 22.3. The Labute approximate surface area is 240 Å². The van der Waals surface area contributed by atoms with Crippen LogP contribution in [0.25, 0.3) is 0 Å². The van der Waals surface area contributed by atoms with E-state index >= 15 is 0 Å². The molecule has 0 heterocycles. The largest absolute Gasteiger partial charge is 0.393 e. The summed E-state index contributed by atoms with van der Waals surface area (Å²) in [5, 5.41) is -7.07. The van der Waals surface area contributed by atoms with Gasteiger partial charge in [-0.25, -0.2) is 0 Å². The van der Waals surface area contributed by atoms with E-state index in [4.69, 9.17) is 0 Å². The molecule has 0 unspecified atom stereocenters. The van der Waals surface area contributed by atoms with Crippen molar-refractivity contribution in [3.8, 4) is 0 Å². The van der Waals surface area contributed by atoms with Crippen LogP contribution in [-0.2, 0) is 4.79 Å². The molecular formula is C21H22ClF20NO. The maximum atomic E-state index is 14.5. The summed E-state index contributed by atoms with van der Waals surface area (Å²) < 4.78 is 275. The molecule has 0 saturated heterocycles. The molecule has 0 aliphatic carbocycles. The first-order chi connectivity index (χ1) is 18.9. The van der Waals surface area contributed by atoms with E-state index in [-0.39, 0.29) is 17.7 Å². The number of alkyl halides is 21. The lowest BCUT2D eigenvalue weighted by Gasteiger charge is -2.44. The van der Waals surface area contributed by atoms with Gasteiger partial charge in [0.1, 0.15) is 0 Å². The van der Waals surface area contributed by atoms with Crippen molar-refractivity contribution < 1.29 is 92.6 Å². The second-order valence-corrected chi connectivity index (χ2v) is 10.8. The zero-order chi connectivity index (χ0) is 36.1. The van der Waals surface area contributed by atoms with Crippen molar-refractivity contribution in [3.63, 3.8) is 0 Å². The minimum Gasteiger partial charge on any atom is -0.337 e. The Kier molecular flexibility index (Phi) is 11.7. The quantitative estimate of drug-likeness (QED) is 0.115. The Morgan fingerprint density at radius 3 is 0.932 bits per heavy atom. The molecule has 0 saturated carbocycles. The normalized spacial score (nSPS) is 15.8. The maximum Gasteiger partial charge on any atom is 0.393 e. The molecular weight excluding hydrogens is 698 g/mol. The Balaban J connectivity index is 7.10. The van der Waals surface area contributed by atoms with Crippen LogP contribution in [-0.4, -0.2) is 82.6 Å². The third-order valence-corrected chi connectivity index (χ3v) is 6.26. The second kappa shape index (κ2) is 12.2. The van der Waals surface area contributed by atoms with Gasteiger partial charge in [0, 0.05) is 13.1 Å². The van der Waals surface area contributed by atoms with Crippen molar-refractivity contribution in [2.75, 3.05) is 13.1 Å². The summed E-state index contributed by atoms with van der Waals surface area (Å²) in [6.45, 7) is 3.39. The molecule has 44 heavy (non-hydrogen) atoms. The van der Waals surface area contributed by atoms with Gasteiger partial charge >= 0.3 is 58.7 Å². The topological polar surface area (TPSA) is 20.3 Å². The summed E-state index contributed by atoms with van der Waals surface area (Å²) in [5.41, 5.74) is 0. The van der Waals surface area contributed by atoms with E-state index < -0.39 is 89.5 Å². The average molecular weight is 720 g/mol. The molecule has 0 spiro atoms. The molecule has 0 aliphatic rings. The van der Waals surface area contributed by atoms with Gasteiger partial charge in [0.15, 0.2) is 0 Å². The lowest BCUT2D eigenvalue weighted by atomic mass is 9.86. The number of hydrogen-bond donors (Lipinski definition) is 0. The highest BCUT2D eigenvalue weighted by Crippen LogP contribution is 2.66. The summed E-state index contributed by atoms with van der Waals surface area (Å²) in [5.74, 6) is -81.9. The number of halogens is 21. The van der Waals surface area contributed by atoms with Crippen LogP contribution in [0.5, 0.6) is 0 Å². The molecule has 0 atom stereocenters. The molecule has 0 aromatic heterocycles. The average Bonchev–Trinajstić information content (AvgIpc) is 2.81. The van der Waals surface area contributed by atoms with E-state index in [2.05, 4.69) is 11.6 Å². The third-order valence-electron chi connectivity index (χ3n) is 6.02. The standard InChI is InChI=1S/C21H22ClF20NO/c1-9(2)5-7-43(8-6-10(3)4)11(44)12(23,24)13(25,26)14(27,28)15(29,30)16(31,32)17(33,34)18(35,36)19(37,38)20(39,40)21(22,41)42/h9-10H,5-8H2,1-4H3. The summed E-state index contributed by atoms with van der Waals surface area (Å²) in [6, 6.07) is 0. The van der Waals surface area contributed by atoms with E-state index in [1.165, 1.54) is 27.7 Å². The van der Waals surface area contributed by atoms with Crippen LogP contribution in [0.2, 0.25) is 0 Å². The molecule has 23 heteroatoms. The Hall–Kier alpha value is -1.64. The first-order valence-electron chi connectivity index (χ1n) is 11.7. The summed E-state index contributed by atoms with van der Waals surface area (Å²) in [6.07, 6.45) is -0.727. The van der Waals surface area contributed by atoms with Gasteiger partial charge in [0.05, 0.1) is 0 Å². The number of carbonyl (C=O) groups excluding carboxylic acids is 1. The minimum atomic E-state index is -9.16. The smallest absolute Gasteiger partial charge is 0.337 e. The van der Waals surface area contributed by atoms with E-state index in [1.54, 1.807) is 0 Å². The van der Waals surface area contributed by atoms with Crippen molar-refractivity contribution in [2.45, 2.75) is 99.2 Å². The number of amides is 1. The van der Waals surface area contributed by atoms with Gasteiger partial charge in [-0.3, -0.25) is 4.79 Å². The predicted octanol–water partition coefficient (Wildman–Crippen LogP) is 9.46. The van der Waals surface area contributed by atoms with E-state index in [9.17, 15) is 92.6 Å². The SMILES string of the molecule is CC(C)CCN(CCC(C)C)C(=O)C(F)(F)C(F)(F)C(F)(F)C(F)(F)C(F)(F)C(F)(F)C(F)(F)C(F)(F)C(F)(F)C(F)(F)Cl. The van der Waals surface area contributed by atoms with Gasteiger partial charge in [-0.1, -0.05) is 27.7 Å². The lowest BCUT2D eigenvalue weighted by molar-refractivity contribution is -0.464. The fraction of sp³-hybridized carbons (Fsp3) is 0.952. The van der Waals surface area contributed by atoms with Gasteiger partial charge in [-0.2, -0.15) is 87.8 Å². The molecule has 2 nitrogen and oxygen atoms in total. The van der Waals surface area contributed by atoms with Gasteiger partial charge in [0.25, 0.3) is 5.91 Å². The van der Waals surface area contributed by atoms with Crippen LogP contribution in [0.1, 0.15) is 40.5 Å². The third kappa shape index (κ3) is 6.33. The van der Waals surface area contributed by atoms with Crippen LogP contribution in [0.15, 0.2) is 0 Å². The molecule has 0 aliphatic heterocycles. The summed E-state index contributed by atoms with van der Waals surface area (Å²) in [4.78, 5) is 11.8. The van der Waals surface area contributed by atoms with Crippen molar-refractivity contribution in [1.29, 1.82) is 0 Å². The van der Waals surface area contributed by atoms with E-state index in [0.29, 0.717) is 0 Å². The van der Waals surface area contributed by atoms with Gasteiger partial charge in [-0.05, 0) is 36.3 Å². The Bertz CT molecular complexity index is 992. The molecule has 1 amide bonds. The fourth-order valence-corrected chi connectivity index (χ4v) is 3.15. The van der Waals surface area contributed by atoms with E-state index in [0.717, 1.165) is 0 Å². The zero-order valence-corrected chi connectivity index (χ0v) is 23.0. The van der Waals surface area contributed by atoms with Gasteiger partial charge in [0.2, 0.25) is 0 Å². The fourth-order valence-electron chi connectivity index (χ4n) is 3.03. The maximum absolute atomic E-state index is 14.5. The molecule has 0 fully saturated rings. The molecule has 0 bridgehead atoms. The van der Waals surface area contributed by atoms with Crippen molar-refractivity contribution in [2.24, 2.45) is 11.8 Å². The molecule has 0 rings (SSSR count). The first-order valence-corrected chi connectivity index (χ1v) is 12.0. The number of rotatable bonds is 16. The highest BCUT2D eigenvalue weighted by Gasteiger charge is 2.98. The van der Waals surface area contributed by atoms with Crippen LogP contribution in [0, 0.1) is 11.8 Å². The van der Waals surface area contributed by atoms with Gasteiger partial charge in [-0.15, -0.1) is 0 Å². The van der Waals surface area contributed by atoms with Crippen LogP contribution >= 0.6 is 11.6 Å². The van der Waals surface area contributed by atoms with Crippen LogP contribution in [0.4, 0.5) is 87.8 Å². The van der Waals surface area contributed by atoms with Crippen molar-refractivity contribution >= 4 is 17.5 Å². The highest BCUT2D eigenvalue weighted by atomic mass is 35.5. The molecule has 0 aromatic carbocycles. The van der Waals surface area contributed by atoms with E-state index in [1.807, 2.05) is 0 Å². The number of nitrogens with zero attached hydrogens (tertiary/aromatic N) is 1. The first kappa shape index (κ1) is 42.4. The summed E-state index contributed by atoms with van der Waals surface area (Å²) in [7, 11) is 0. The molecule has 264 valence electrons. The Morgan fingerprint density at radius 1 is 0.477 bits per heavy atom. The highest BCUT2D eigenvalue weighted by molar-refractivity contribution is 6.22. The lowest BCUT2D eigenvalue weighted by Crippen LogP contribution is -2.77. The summed E-state index contributed by atoms with van der Waals surface area (Å²) >= 11 is 3.37. The number of hydrogen-bond acceptors (Lipinski definition) is 1. The second-order valence-electron chi connectivity index (χ2n) is 10.3. The molecule has 0 N–H and O–H groups in total. The molecule has 0 aromatic rings. The predicted molar refractivity (Wildman–Crippen MR) is 111 cm³/mol. The van der Waals surface area contributed by atoms with Crippen molar-refractivity contribution in [3.05, 3.63) is 0 Å². The molecule has 0 radical (unpaired) electrons. The minimum absolute atomic E-state index is 0.321.